The van der Waals surface area contributed by atoms with Crippen LogP contribution >= 0.6 is 0 Å². The zero-order valence-corrected chi connectivity index (χ0v) is 14.3. The number of unbranched alkanes of at least 4 members (excludes halogenated alkanes) is 8. The molecule has 0 saturated carbocycles. The lowest BCUT2D eigenvalue weighted by molar-refractivity contribution is 0.327. The van der Waals surface area contributed by atoms with Crippen molar-refractivity contribution >= 4 is 0 Å². The Morgan fingerprint density at radius 2 is 1.35 bits per heavy atom. The molecule has 0 radical (unpaired) electrons. The lowest BCUT2D eigenvalue weighted by Gasteiger charge is -2.07. The molecular weight excluding hydrogens is 244 g/mol. The van der Waals surface area contributed by atoms with Crippen molar-refractivity contribution in [2.24, 2.45) is 5.92 Å². The zero-order chi connectivity index (χ0) is 14.6. The van der Waals surface area contributed by atoms with Gasteiger partial charge in [-0.25, -0.2) is 0 Å². The van der Waals surface area contributed by atoms with Gasteiger partial charge in [-0.1, -0.05) is 91.4 Å². The molecule has 1 heterocycles. The minimum Gasteiger partial charge on any atom is -0.370 e. The van der Waals surface area contributed by atoms with E-state index in [0.717, 1.165) is 5.92 Å². The summed E-state index contributed by atoms with van der Waals surface area (Å²) in [6.45, 7) is 6.96. The molecule has 120 valence electrons. The maximum Gasteiger partial charge on any atom is 0.0844 e. The topological polar surface area (TPSA) is 12.5 Å². The van der Waals surface area contributed by atoms with Crippen LogP contribution in [0.15, 0.2) is 0 Å². The SMILES string of the molecule is CCCCCCCCCCC1OC1CC(C)CCCC. The lowest BCUT2D eigenvalue weighted by Crippen LogP contribution is -2.02. The highest BCUT2D eigenvalue weighted by Gasteiger charge is 2.38. The Morgan fingerprint density at radius 3 is 2.00 bits per heavy atom. The lowest BCUT2D eigenvalue weighted by atomic mass is 9.97. The highest BCUT2D eigenvalue weighted by Crippen LogP contribution is 2.33. The summed E-state index contributed by atoms with van der Waals surface area (Å²) in [4.78, 5) is 0. The van der Waals surface area contributed by atoms with Crippen LogP contribution in [0.25, 0.3) is 0 Å². The van der Waals surface area contributed by atoms with Gasteiger partial charge in [-0.15, -0.1) is 0 Å². The largest absolute Gasteiger partial charge is 0.370 e. The summed E-state index contributed by atoms with van der Waals surface area (Å²) in [5.41, 5.74) is 0. The van der Waals surface area contributed by atoms with Gasteiger partial charge in [0.15, 0.2) is 0 Å². The summed E-state index contributed by atoms with van der Waals surface area (Å²) in [6.07, 6.45) is 19.3. The maximum absolute atomic E-state index is 5.83. The number of ether oxygens (including phenoxy) is 1. The van der Waals surface area contributed by atoms with E-state index < -0.39 is 0 Å². The first-order valence-electron chi connectivity index (χ1n) is 9.43. The molecule has 0 bridgehead atoms. The zero-order valence-electron chi connectivity index (χ0n) is 14.3. The van der Waals surface area contributed by atoms with Gasteiger partial charge in [0, 0.05) is 0 Å². The molecule has 0 aliphatic carbocycles. The fraction of sp³-hybridized carbons (Fsp3) is 1.00. The summed E-state index contributed by atoms with van der Waals surface area (Å²) >= 11 is 0. The molecule has 1 heteroatoms. The monoisotopic (exact) mass is 282 g/mol. The van der Waals surface area contributed by atoms with Gasteiger partial charge < -0.3 is 4.74 Å². The number of rotatable bonds is 14. The third-order valence-electron chi connectivity index (χ3n) is 4.71. The first kappa shape index (κ1) is 18.0. The summed E-state index contributed by atoms with van der Waals surface area (Å²) in [7, 11) is 0. The average Bonchev–Trinajstić information content (AvgIpc) is 3.17. The van der Waals surface area contributed by atoms with Crippen molar-refractivity contribution in [1.29, 1.82) is 0 Å². The van der Waals surface area contributed by atoms with Crippen molar-refractivity contribution in [3.63, 3.8) is 0 Å². The van der Waals surface area contributed by atoms with Crippen LogP contribution in [0.1, 0.15) is 104 Å². The Labute approximate surface area is 127 Å². The van der Waals surface area contributed by atoms with E-state index in [1.165, 1.54) is 83.5 Å². The van der Waals surface area contributed by atoms with E-state index in [1.807, 2.05) is 0 Å². The average molecular weight is 283 g/mol. The number of hydrogen-bond acceptors (Lipinski definition) is 1. The smallest absolute Gasteiger partial charge is 0.0844 e. The van der Waals surface area contributed by atoms with E-state index in [9.17, 15) is 0 Å². The molecule has 3 unspecified atom stereocenters. The first-order chi connectivity index (χ1) is 9.77. The maximum atomic E-state index is 5.83. The Balaban J connectivity index is 1.83. The third-order valence-corrected chi connectivity index (χ3v) is 4.71. The van der Waals surface area contributed by atoms with Crippen LogP contribution in [-0.4, -0.2) is 12.2 Å². The molecule has 0 spiro atoms. The van der Waals surface area contributed by atoms with Gasteiger partial charge in [0.2, 0.25) is 0 Å². The third kappa shape index (κ3) is 9.00. The Hall–Kier alpha value is -0.0400. The minimum atomic E-state index is 0.617. The molecule has 0 amide bonds. The molecule has 0 aromatic carbocycles. The molecular formula is C19H38O. The van der Waals surface area contributed by atoms with E-state index in [2.05, 4.69) is 20.8 Å². The summed E-state index contributed by atoms with van der Waals surface area (Å²) < 4.78 is 5.83. The number of hydrogen-bond donors (Lipinski definition) is 0. The van der Waals surface area contributed by atoms with Crippen LogP contribution < -0.4 is 0 Å². The van der Waals surface area contributed by atoms with Crippen molar-refractivity contribution < 1.29 is 4.74 Å². The molecule has 0 aromatic rings. The van der Waals surface area contributed by atoms with Crippen molar-refractivity contribution in [3.8, 4) is 0 Å². The molecule has 1 nitrogen and oxygen atoms in total. The number of epoxide rings is 1. The van der Waals surface area contributed by atoms with E-state index >= 15 is 0 Å². The Morgan fingerprint density at radius 1 is 0.750 bits per heavy atom. The van der Waals surface area contributed by atoms with Crippen LogP contribution in [-0.2, 0) is 4.74 Å². The fourth-order valence-electron chi connectivity index (χ4n) is 3.19. The van der Waals surface area contributed by atoms with Gasteiger partial charge in [0.05, 0.1) is 12.2 Å². The normalized spacial score (nSPS) is 22.9. The van der Waals surface area contributed by atoms with Crippen LogP contribution in [0.4, 0.5) is 0 Å². The van der Waals surface area contributed by atoms with E-state index in [1.54, 1.807) is 0 Å². The second kappa shape index (κ2) is 11.6. The van der Waals surface area contributed by atoms with E-state index in [-0.39, 0.29) is 0 Å². The van der Waals surface area contributed by atoms with Crippen LogP contribution in [0.5, 0.6) is 0 Å². The molecule has 1 saturated heterocycles. The summed E-state index contributed by atoms with van der Waals surface area (Å²) in [6, 6.07) is 0. The molecule has 1 fully saturated rings. The molecule has 3 atom stereocenters. The molecule has 0 N–H and O–H groups in total. The van der Waals surface area contributed by atoms with Gasteiger partial charge in [0.25, 0.3) is 0 Å². The van der Waals surface area contributed by atoms with Crippen molar-refractivity contribution in [1.82, 2.24) is 0 Å². The standard InChI is InChI=1S/C19H38O/c1-4-6-8-9-10-11-12-13-15-18-19(20-18)16-17(3)14-7-5-2/h17-19H,4-16H2,1-3H3. The summed E-state index contributed by atoms with van der Waals surface area (Å²) in [5, 5.41) is 0. The molecule has 1 aliphatic heterocycles. The van der Waals surface area contributed by atoms with Gasteiger partial charge in [-0.3, -0.25) is 0 Å². The van der Waals surface area contributed by atoms with Gasteiger partial charge in [0.1, 0.15) is 0 Å². The first-order valence-corrected chi connectivity index (χ1v) is 9.43. The van der Waals surface area contributed by atoms with Gasteiger partial charge in [-0.2, -0.15) is 0 Å². The molecule has 1 aliphatic rings. The van der Waals surface area contributed by atoms with Crippen molar-refractivity contribution in [2.75, 3.05) is 0 Å². The predicted molar refractivity (Wildman–Crippen MR) is 89.2 cm³/mol. The van der Waals surface area contributed by atoms with Gasteiger partial charge in [-0.05, 0) is 18.8 Å². The minimum absolute atomic E-state index is 0.617. The Kier molecular flexibility index (Phi) is 10.4. The summed E-state index contributed by atoms with van der Waals surface area (Å²) in [5.74, 6) is 0.864. The molecule has 1 rings (SSSR count). The predicted octanol–water partition coefficient (Wildman–Crippen LogP) is 6.50. The quantitative estimate of drug-likeness (QED) is 0.261. The molecule has 0 aromatic heterocycles. The van der Waals surface area contributed by atoms with Crippen LogP contribution in [0.2, 0.25) is 0 Å². The highest BCUT2D eigenvalue weighted by atomic mass is 16.6. The van der Waals surface area contributed by atoms with E-state index in [4.69, 9.17) is 4.74 Å². The van der Waals surface area contributed by atoms with E-state index in [0.29, 0.717) is 12.2 Å². The second-order valence-electron chi connectivity index (χ2n) is 6.96. The van der Waals surface area contributed by atoms with Crippen LogP contribution in [0, 0.1) is 5.92 Å². The second-order valence-corrected chi connectivity index (χ2v) is 6.96. The van der Waals surface area contributed by atoms with Crippen molar-refractivity contribution in [2.45, 2.75) is 116 Å². The highest BCUT2D eigenvalue weighted by molar-refractivity contribution is 4.85. The molecule has 20 heavy (non-hydrogen) atoms. The Bertz CT molecular complexity index is 214. The fourth-order valence-corrected chi connectivity index (χ4v) is 3.19. The van der Waals surface area contributed by atoms with Crippen molar-refractivity contribution in [3.05, 3.63) is 0 Å². The van der Waals surface area contributed by atoms with Crippen LogP contribution in [0.3, 0.4) is 0 Å². The van der Waals surface area contributed by atoms with Gasteiger partial charge >= 0.3 is 0 Å².